The number of anilines is 3. The Morgan fingerprint density at radius 3 is 2.65 bits per heavy atom. The normalized spacial score (nSPS) is 13.3. The number of amides is 2. The summed E-state index contributed by atoms with van der Waals surface area (Å²) in [6.07, 6.45) is 3.50. The number of benzene rings is 1. The molecule has 1 aliphatic heterocycles. The molecule has 1 aliphatic rings. The van der Waals surface area contributed by atoms with Gasteiger partial charge >= 0.3 is 12.1 Å². The number of carboxylic acid groups (broad SMARTS) is 1. The van der Waals surface area contributed by atoms with E-state index in [-0.39, 0.29) is 18.9 Å². The molecule has 2 amide bonds. The Labute approximate surface area is 232 Å². The van der Waals surface area contributed by atoms with E-state index in [1.165, 1.54) is 18.3 Å². The van der Waals surface area contributed by atoms with Gasteiger partial charge in [0.25, 0.3) is 5.91 Å². The molecule has 0 unspecified atom stereocenters. The van der Waals surface area contributed by atoms with Gasteiger partial charge in [0.2, 0.25) is 0 Å². The van der Waals surface area contributed by atoms with Crippen LogP contribution < -0.4 is 25.4 Å². The van der Waals surface area contributed by atoms with Crippen molar-refractivity contribution >= 4 is 40.9 Å². The fourth-order valence-electron chi connectivity index (χ4n) is 3.69. The fourth-order valence-corrected chi connectivity index (χ4v) is 3.69. The van der Waals surface area contributed by atoms with Crippen LogP contribution >= 0.6 is 0 Å². The molecule has 0 radical (unpaired) electrons. The molecule has 216 valence electrons. The highest BCUT2D eigenvalue weighted by atomic mass is 16.6. The van der Waals surface area contributed by atoms with E-state index in [2.05, 4.69) is 25.9 Å². The molecule has 13 nitrogen and oxygen atoms in total. The Morgan fingerprint density at radius 1 is 1.18 bits per heavy atom. The molecule has 1 aromatic heterocycles. The van der Waals surface area contributed by atoms with Crippen LogP contribution in [0.2, 0.25) is 0 Å². The van der Waals surface area contributed by atoms with Gasteiger partial charge in [0, 0.05) is 44.5 Å². The number of nitrogens with one attached hydrogen (secondary N) is 3. The molecule has 0 bridgehead atoms. The van der Waals surface area contributed by atoms with Crippen LogP contribution in [0.1, 0.15) is 45.6 Å². The number of carboxylic acids is 1. The number of carbonyl (C=O) groups is 3. The largest absolute Gasteiger partial charge is 0.493 e. The molecule has 0 saturated carbocycles. The van der Waals surface area contributed by atoms with E-state index >= 15 is 0 Å². The number of carbonyl (C=O) groups excluding carboxylic acids is 2. The third-order valence-corrected chi connectivity index (χ3v) is 5.60. The number of methoxy groups -OCH3 is 1. The zero-order valence-corrected chi connectivity index (χ0v) is 23.4. The molecule has 3 rings (SSSR count). The molecule has 4 N–H and O–H groups in total. The van der Waals surface area contributed by atoms with Gasteiger partial charge in [-0.2, -0.15) is 0 Å². The minimum absolute atomic E-state index is 0.000242. The number of nitrogens with zero attached hydrogens (tertiary/aromatic N) is 3. The Hall–Kier alpha value is -4.55. The number of ether oxygens (including phenoxy) is 3. The molecule has 2 aromatic rings. The van der Waals surface area contributed by atoms with Crippen molar-refractivity contribution in [1.29, 1.82) is 0 Å². The first-order chi connectivity index (χ1) is 19.0. The van der Waals surface area contributed by atoms with Crippen LogP contribution in [0.3, 0.4) is 0 Å². The Morgan fingerprint density at radius 2 is 1.95 bits per heavy atom. The summed E-state index contributed by atoms with van der Waals surface area (Å²) in [6.45, 7) is 6.62. The second-order valence-corrected chi connectivity index (χ2v) is 10.00. The highest BCUT2D eigenvalue weighted by molar-refractivity contribution is 6.32. The number of rotatable bonds is 13. The van der Waals surface area contributed by atoms with Gasteiger partial charge < -0.3 is 40.2 Å². The zero-order valence-electron chi connectivity index (χ0n) is 23.4. The van der Waals surface area contributed by atoms with Crippen LogP contribution in [0.5, 0.6) is 11.5 Å². The third-order valence-electron chi connectivity index (χ3n) is 5.60. The van der Waals surface area contributed by atoms with Gasteiger partial charge in [-0.15, -0.1) is 0 Å². The summed E-state index contributed by atoms with van der Waals surface area (Å²) in [4.78, 5) is 45.6. The van der Waals surface area contributed by atoms with E-state index in [9.17, 15) is 14.4 Å². The first kappa shape index (κ1) is 30.0. The molecular weight excluding hydrogens is 520 g/mol. The smallest absolute Gasteiger partial charge is 0.410 e. The lowest BCUT2D eigenvalue weighted by Gasteiger charge is -2.24. The summed E-state index contributed by atoms with van der Waals surface area (Å²) in [5.74, 6) is 0.574. The van der Waals surface area contributed by atoms with Crippen molar-refractivity contribution in [2.75, 3.05) is 49.8 Å². The SMILES string of the molecule is COc1ccc(N/C=C2\C(=O)Nc3ncnc(NCCCN(C)C(=O)OC(C)(C)C)c32)cc1OCCCC(=O)O. The van der Waals surface area contributed by atoms with Gasteiger partial charge in [-0.1, -0.05) is 0 Å². The molecule has 0 aliphatic carbocycles. The maximum atomic E-state index is 12.7. The first-order valence-corrected chi connectivity index (χ1v) is 12.8. The lowest BCUT2D eigenvalue weighted by Crippen LogP contribution is -2.35. The Bertz CT molecular complexity index is 1260. The number of aliphatic carboxylic acids is 1. The number of aromatic nitrogens is 2. The highest BCUT2D eigenvalue weighted by Gasteiger charge is 2.29. The lowest BCUT2D eigenvalue weighted by molar-refractivity contribution is -0.137. The minimum atomic E-state index is -0.890. The van der Waals surface area contributed by atoms with Gasteiger partial charge in [-0.25, -0.2) is 14.8 Å². The van der Waals surface area contributed by atoms with Crippen molar-refractivity contribution in [2.24, 2.45) is 0 Å². The molecule has 1 aromatic carbocycles. The zero-order chi connectivity index (χ0) is 29.3. The predicted octanol–water partition coefficient (Wildman–Crippen LogP) is 3.80. The minimum Gasteiger partial charge on any atom is -0.493 e. The first-order valence-electron chi connectivity index (χ1n) is 12.8. The molecule has 13 heteroatoms. The monoisotopic (exact) mass is 556 g/mol. The van der Waals surface area contributed by atoms with Crippen LogP contribution in [0.4, 0.5) is 22.1 Å². The van der Waals surface area contributed by atoms with E-state index in [4.69, 9.17) is 19.3 Å². The van der Waals surface area contributed by atoms with Crippen molar-refractivity contribution in [2.45, 2.75) is 45.6 Å². The Kier molecular flexibility index (Phi) is 10.1. The van der Waals surface area contributed by atoms with Crippen LogP contribution in [0, 0.1) is 0 Å². The maximum Gasteiger partial charge on any atom is 0.410 e. The second-order valence-electron chi connectivity index (χ2n) is 10.00. The topological polar surface area (TPSA) is 164 Å². The van der Waals surface area contributed by atoms with Gasteiger partial charge in [0.05, 0.1) is 24.9 Å². The Balaban J connectivity index is 1.66. The summed E-state index contributed by atoms with van der Waals surface area (Å²) < 4.78 is 16.4. The average molecular weight is 557 g/mol. The quantitative estimate of drug-likeness (QED) is 0.209. The lowest BCUT2D eigenvalue weighted by atomic mass is 10.1. The third kappa shape index (κ3) is 8.48. The molecular formula is C27H36N6O7. The molecule has 0 fully saturated rings. The van der Waals surface area contributed by atoms with E-state index < -0.39 is 17.7 Å². The van der Waals surface area contributed by atoms with Gasteiger partial charge in [0.1, 0.15) is 23.6 Å². The van der Waals surface area contributed by atoms with Crippen molar-refractivity contribution in [3.8, 4) is 11.5 Å². The maximum absolute atomic E-state index is 12.7. The summed E-state index contributed by atoms with van der Waals surface area (Å²) in [6, 6.07) is 5.17. The molecule has 0 saturated heterocycles. The number of hydrogen-bond acceptors (Lipinski definition) is 10. The summed E-state index contributed by atoms with van der Waals surface area (Å²) in [5, 5.41) is 17.9. The summed E-state index contributed by atoms with van der Waals surface area (Å²) >= 11 is 0. The molecule has 40 heavy (non-hydrogen) atoms. The number of fused-ring (bicyclic) bond motifs is 1. The van der Waals surface area contributed by atoms with E-state index in [0.29, 0.717) is 65.9 Å². The second kappa shape index (κ2) is 13.5. The molecule has 0 atom stereocenters. The highest BCUT2D eigenvalue weighted by Crippen LogP contribution is 2.35. The summed E-state index contributed by atoms with van der Waals surface area (Å²) in [5.41, 5.74) is 0.922. The molecule has 0 spiro atoms. The summed E-state index contributed by atoms with van der Waals surface area (Å²) in [7, 11) is 3.19. The van der Waals surface area contributed by atoms with E-state index in [0.717, 1.165) is 0 Å². The van der Waals surface area contributed by atoms with Crippen LogP contribution in [-0.2, 0) is 14.3 Å². The van der Waals surface area contributed by atoms with E-state index in [1.54, 1.807) is 31.4 Å². The van der Waals surface area contributed by atoms with Crippen molar-refractivity contribution < 1.29 is 33.7 Å². The van der Waals surface area contributed by atoms with Crippen molar-refractivity contribution in [3.63, 3.8) is 0 Å². The van der Waals surface area contributed by atoms with Crippen LogP contribution in [0.25, 0.3) is 5.57 Å². The van der Waals surface area contributed by atoms with Crippen LogP contribution in [0.15, 0.2) is 30.7 Å². The fraction of sp³-hybridized carbons (Fsp3) is 0.444. The standard InChI is InChI=1S/C27H36N6O7/c1-27(2,3)40-26(37)33(4)12-7-11-28-23-22-18(25(36)32-24(22)31-16-30-23)15-29-17-9-10-19(38-5)20(14-17)39-13-6-8-21(34)35/h9-10,14-16,29H,6-8,11-13H2,1-5H3,(H,34,35)(H2,28,30,31,32,36)/b18-15-. The van der Waals surface area contributed by atoms with Gasteiger partial charge in [-0.3, -0.25) is 9.59 Å². The van der Waals surface area contributed by atoms with E-state index in [1.807, 2.05) is 20.8 Å². The van der Waals surface area contributed by atoms with Crippen molar-refractivity contribution in [3.05, 3.63) is 36.3 Å². The average Bonchev–Trinajstić information content (AvgIpc) is 3.22. The van der Waals surface area contributed by atoms with Gasteiger partial charge in [-0.05, 0) is 45.7 Å². The molecule has 2 heterocycles. The van der Waals surface area contributed by atoms with Gasteiger partial charge in [0.15, 0.2) is 11.5 Å². The number of hydrogen-bond donors (Lipinski definition) is 4. The predicted molar refractivity (Wildman–Crippen MR) is 150 cm³/mol. The van der Waals surface area contributed by atoms with Crippen molar-refractivity contribution in [1.82, 2.24) is 14.9 Å². The van der Waals surface area contributed by atoms with Crippen LogP contribution in [-0.4, -0.2) is 77.4 Å².